The Morgan fingerprint density at radius 3 is 2.30 bits per heavy atom. The maximum absolute atomic E-state index is 12.0. The third-order valence-electron chi connectivity index (χ3n) is 3.63. The predicted molar refractivity (Wildman–Crippen MR) is 77.3 cm³/mol. The fourth-order valence-corrected chi connectivity index (χ4v) is 3.48. The van der Waals surface area contributed by atoms with Gasteiger partial charge in [-0.1, -0.05) is 0 Å². The highest BCUT2D eigenvalue weighted by Gasteiger charge is 2.23. The summed E-state index contributed by atoms with van der Waals surface area (Å²) in [6, 6.07) is 2.97. The van der Waals surface area contributed by atoms with Gasteiger partial charge in [0, 0.05) is 19.3 Å². The first-order valence-corrected chi connectivity index (χ1v) is 8.53. The van der Waals surface area contributed by atoms with E-state index in [1.807, 2.05) is 4.90 Å². The van der Waals surface area contributed by atoms with Gasteiger partial charge < -0.3 is 10.0 Å². The zero-order valence-electron chi connectivity index (χ0n) is 11.7. The van der Waals surface area contributed by atoms with Gasteiger partial charge in [-0.2, -0.15) is 0 Å². The van der Waals surface area contributed by atoms with E-state index in [-0.39, 0.29) is 10.5 Å². The topological polar surface area (TPSA) is 74.7 Å². The smallest absolute Gasteiger partial charge is 0.335 e. The van der Waals surface area contributed by atoms with E-state index < -0.39 is 15.8 Å². The summed E-state index contributed by atoms with van der Waals surface area (Å²) in [5.41, 5.74) is 1.27. The van der Waals surface area contributed by atoms with E-state index in [4.69, 9.17) is 5.11 Å². The maximum Gasteiger partial charge on any atom is 0.335 e. The molecule has 1 aromatic rings. The number of piperidine rings is 1. The number of carbonyl (C=O) groups is 1. The number of hydrogen-bond acceptors (Lipinski definition) is 4. The number of benzene rings is 1. The number of nitrogens with zero attached hydrogens (tertiary/aromatic N) is 1. The summed E-state index contributed by atoms with van der Waals surface area (Å²) >= 11 is 0. The highest BCUT2D eigenvalue weighted by molar-refractivity contribution is 7.90. The SMILES string of the molecule is Cc1cc(N2CCCCC2)c(S(C)(=O)=O)cc1C(=O)O. The van der Waals surface area contributed by atoms with E-state index in [1.54, 1.807) is 13.0 Å². The van der Waals surface area contributed by atoms with Crippen LogP contribution in [0.15, 0.2) is 17.0 Å². The predicted octanol–water partition coefficient (Wildman–Crippen LogP) is 2.09. The van der Waals surface area contributed by atoms with Gasteiger partial charge in [0.05, 0.1) is 16.1 Å². The molecule has 0 atom stereocenters. The van der Waals surface area contributed by atoms with Crippen LogP contribution in [0.2, 0.25) is 0 Å². The van der Waals surface area contributed by atoms with Crippen LogP contribution in [0.4, 0.5) is 5.69 Å². The largest absolute Gasteiger partial charge is 0.478 e. The third kappa shape index (κ3) is 2.95. The lowest BCUT2D eigenvalue weighted by Gasteiger charge is -2.30. The van der Waals surface area contributed by atoms with Gasteiger partial charge >= 0.3 is 5.97 Å². The van der Waals surface area contributed by atoms with Crippen molar-refractivity contribution in [2.45, 2.75) is 31.1 Å². The Hall–Kier alpha value is -1.56. The van der Waals surface area contributed by atoms with E-state index >= 15 is 0 Å². The molecule has 0 bridgehead atoms. The molecule has 2 rings (SSSR count). The molecular weight excluding hydrogens is 278 g/mol. The molecule has 5 nitrogen and oxygen atoms in total. The molecular formula is C14H19NO4S. The van der Waals surface area contributed by atoms with Gasteiger partial charge in [-0.05, 0) is 43.9 Å². The van der Waals surface area contributed by atoms with Crippen molar-refractivity contribution in [1.82, 2.24) is 0 Å². The summed E-state index contributed by atoms with van der Waals surface area (Å²) in [5, 5.41) is 9.15. The van der Waals surface area contributed by atoms with Crippen molar-refractivity contribution in [3.63, 3.8) is 0 Å². The summed E-state index contributed by atoms with van der Waals surface area (Å²) < 4.78 is 23.9. The lowest BCUT2D eigenvalue weighted by Crippen LogP contribution is -2.31. The zero-order chi connectivity index (χ0) is 14.9. The van der Waals surface area contributed by atoms with Crippen LogP contribution in [0.5, 0.6) is 0 Å². The standard InChI is InChI=1S/C14H19NO4S/c1-10-8-12(15-6-4-3-5-7-15)13(20(2,18)19)9-11(10)14(16)17/h8-9H,3-7H2,1-2H3,(H,16,17). The van der Waals surface area contributed by atoms with Crippen molar-refractivity contribution in [2.75, 3.05) is 24.2 Å². The molecule has 1 fully saturated rings. The normalized spacial score (nSPS) is 16.2. The molecule has 0 unspecified atom stereocenters. The molecule has 1 aliphatic heterocycles. The van der Waals surface area contributed by atoms with Gasteiger partial charge in [-0.3, -0.25) is 0 Å². The second-order valence-corrected chi connectivity index (χ2v) is 7.24. The van der Waals surface area contributed by atoms with Crippen LogP contribution in [0, 0.1) is 6.92 Å². The summed E-state index contributed by atoms with van der Waals surface area (Å²) in [4.78, 5) is 13.3. The Morgan fingerprint density at radius 2 is 1.80 bits per heavy atom. The maximum atomic E-state index is 12.0. The number of aryl methyl sites for hydroxylation is 1. The van der Waals surface area contributed by atoms with Gasteiger partial charge in [0.2, 0.25) is 0 Å². The second kappa shape index (κ2) is 5.44. The summed E-state index contributed by atoms with van der Waals surface area (Å²) in [5.74, 6) is -1.10. The van der Waals surface area contributed by atoms with E-state index in [0.29, 0.717) is 11.3 Å². The van der Waals surface area contributed by atoms with Crippen LogP contribution in [0.25, 0.3) is 0 Å². The van der Waals surface area contributed by atoms with Gasteiger partial charge in [-0.25, -0.2) is 13.2 Å². The van der Waals surface area contributed by atoms with Crippen molar-refractivity contribution >= 4 is 21.5 Å². The molecule has 1 saturated heterocycles. The number of sulfone groups is 1. The highest BCUT2D eigenvalue weighted by Crippen LogP contribution is 2.31. The molecule has 1 heterocycles. The number of rotatable bonds is 3. The van der Waals surface area contributed by atoms with Crippen molar-refractivity contribution in [1.29, 1.82) is 0 Å². The average molecular weight is 297 g/mol. The average Bonchev–Trinajstić information content (AvgIpc) is 2.37. The molecule has 110 valence electrons. The van der Waals surface area contributed by atoms with Crippen molar-refractivity contribution in [3.8, 4) is 0 Å². The number of carboxylic acids is 1. The molecule has 1 aromatic carbocycles. The van der Waals surface area contributed by atoms with Gasteiger partial charge in [-0.15, -0.1) is 0 Å². The first-order chi connectivity index (χ1) is 9.30. The lowest BCUT2D eigenvalue weighted by atomic mass is 10.1. The molecule has 0 radical (unpaired) electrons. The van der Waals surface area contributed by atoms with Gasteiger partial charge in [0.1, 0.15) is 0 Å². The second-order valence-electron chi connectivity index (χ2n) is 5.26. The first-order valence-electron chi connectivity index (χ1n) is 6.63. The van der Waals surface area contributed by atoms with Crippen LogP contribution < -0.4 is 4.90 Å². The molecule has 0 amide bonds. The van der Waals surface area contributed by atoms with Crippen LogP contribution in [-0.4, -0.2) is 38.8 Å². The first kappa shape index (κ1) is 14.8. The Morgan fingerprint density at radius 1 is 1.20 bits per heavy atom. The monoisotopic (exact) mass is 297 g/mol. The lowest BCUT2D eigenvalue weighted by molar-refractivity contribution is 0.0696. The fraction of sp³-hybridized carbons (Fsp3) is 0.500. The molecule has 20 heavy (non-hydrogen) atoms. The molecule has 1 aliphatic rings. The summed E-state index contributed by atoms with van der Waals surface area (Å²) in [6.45, 7) is 3.33. The highest BCUT2D eigenvalue weighted by atomic mass is 32.2. The van der Waals surface area contributed by atoms with Crippen LogP contribution in [0.1, 0.15) is 35.2 Å². The minimum Gasteiger partial charge on any atom is -0.478 e. The van der Waals surface area contributed by atoms with E-state index in [0.717, 1.165) is 38.6 Å². The Labute approximate surface area is 119 Å². The zero-order valence-corrected chi connectivity index (χ0v) is 12.5. The number of anilines is 1. The Balaban J connectivity index is 2.60. The van der Waals surface area contributed by atoms with Crippen molar-refractivity contribution in [2.24, 2.45) is 0 Å². The number of aromatic carboxylic acids is 1. The minimum atomic E-state index is -3.46. The quantitative estimate of drug-likeness (QED) is 0.924. The Kier molecular flexibility index (Phi) is 4.04. The van der Waals surface area contributed by atoms with E-state index in [1.165, 1.54) is 6.07 Å². The number of hydrogen-bond donors (Lipinski definition) is 1. The van der Waals surface area contributed by atoms with Crippen LogP contribution >= 0.6 is 0 Å². The van der Waals surface area contributed by atoms with Gasteiger partial charge in [0.25, 0.3) is 0 Å². The molecule has 1 N–H and O–H groups in total. The van der Waals surface area contributed by atoms with Gasteiger partial charge in [0.15, 0.2) is 9.84 Å². The van der Waals surface area contributed by atoms with Crippen molar-refractivity contribution in [3.05, 3.63) is 23.3 Å². The van der Waals surface area contributed by atoms with E-state index in [9.17, 15) is 13.2 Å². The Bertz CT molecular complexity index is 631. The number of carboxylic acid groups (broad SMARTS) is 1. The van der Waals surface area contributed by atoms with Crippen LogP contribution in [0.3, 0.4) is 0 Å². The fourth-order valence-electron chi connectivity index (χ4n) is 2.58. The summed E-state index contributed by atoms with van der Waals surface area (Å²) in [7, 11) is -3.46. The molecule has 0 aromatic heterocycles. The minimum absolute atomic E-state index is 0.0474. The van der Waals surface area contributed by atoms with Crippen LogP contribution in [-0.2, 0) is 9.84 Å². The molecule has 0 saturated carbocycles. The summed E-state index contributed by atoms with van der Waals surface area (Å²) in [6.07, 6.45) is 4.33. The molecule has 6 heteroatoms. The van der Waals surface area contributed by atoms with Crippen molar-refractivity contribution < 1.29 is 18.3 Å². The van der Waals surface area contributed by atoms with E-state index in [2.05, 4.69) is 0 Å². The molecule has 0 spiro atoms. The molecule has 0 aliphatic carbocycles. The third-order valence-corrected chi connectivity index (χ3v) is 4.76.